The smallest absolute Gasteiger partial charge is 0.253 e. The van der Waals surface area contributed by atoms with Gasteiger partial charge in [-0.3, -0.25) is 4.79 Å². The standard InChI is InChI=1S/C25H34O3/c1-6-27-25(28-7-2)15-14-23(4)18(16-25)8-9-19-21-11-10-20(17(3)26)24(21,5)13-12-22(19)23/h6-9,20-22H,1-2,10-16H2,3-5H3/t20-,21+,22+,23-,24-/m1/s1. The van der Waals surface area contributed by atoms with Gasteiger partial charge in [0.25, 0.3) is 5.79 Å². The van der Waals surface area contributed by atoms with Gasteiger partial charge in [-0.25, -0.2) is 0 Å². The molecule has 3 heteroatoms. The molecule has 5 atom stereocenters. The van der Waals surface area contributed by atoms with E-state index in [9.17, 15) is 4.79 Å². The molecule has 0 saturated heterocycles. The third kappa shape index (κ3) is 2.65. The van der Waals surface area contributed by atoms with Crippen LogP contribution in [0, 0.1) is 28.6 Å². The van der Waals surface area contributed by atoms with Crippen LogP contribution in [0.3, 0.4) is 0 Å². The van der Waals surface area contributed by atoms with Crippen LogP contribution in [0.15, 0.2) is 49.0 Å². The van der Waals surface area contributed by atoms with Gasteiger partial charge in [-0.2, -0.15) is 0 Å². The Morgan fingerprint density at radius 2 is 1.75 bits per heavy atom. The second kappa shape index (κ2) is 6.64. The Balaban J connectivity index is 1.68. The van der Waals surface area contributed by atoms with Gasteiger partial charge in [0.1, 0.15) is 5.78 Å². The lowest BCUT2D eigenvalue weighted by Crippen LogP contribution is -2.49. The van der Waals surface area contributed by atoms with Crippen LogP contribution in [0.2, 0.25) is 0 Å². The van der Waals surface area contributed by atoms with Crippen molar-refractivity contribution in [2.75, 3.05) is 0 Å². The summed E-state index contributed by atoms with van der Waals surface area (Å²) in [6, 6.07) is 0. The Morgan fingerprint density at radius 3 is 2.39 bits per heavy atom. The Morgan fingerprint density at radius 1 is 1.04 bits per heavy atom. The number of rotatable bonds is 5. The lowest BCUT2D eigenvalue weighted by Gasteiger charge is -2.55. The lowest BCUT2D eigenvalue weighted by molar-refractivity contribution is -0.193. The largest absolute Gasteiger partial charge is 0.460 e. The molecule has 0 aromatic rings. The van der Waals surface area contributed by atoms with Crippen molar-refractivity contribution in [3.63, 3.8) is 0 Å². The van der Waals surface area contributed by atoms with Crippen LogP contribution < -0.4 is 0 Å². The van der Waals surface area contributed by atoms with Crippen molar-refractivity contribution >= 4 is 5.78 Å². The molecule has 0 N–H and O–H groups in total. The average Bonchev–Trinajstić information content (AvgIpc) is 3.00. The van der Waals surface area contributed by atoms with E-state index in [4.69, 9.17) is 9.47 Å². The first kappa shape index (κ1) is 19.5. The van der Waals surface area contributed by atoms with Gasteiger partial charge in [0.15, 0.2) is 0 Å². The molecule has 0 aromatic heterocycles. The quantitative estimate of drug-likeness (QED) is 0.426. The Labute approximate surface area is 169 Å². The maximum absolute atomic E-state index is 12.3. The molecule has 3 saturated carbocycles. The van der Waals surface area contributed by atoms with Crippen LogP contribution in [0.1, 0.15) is 65.7 Å². The highest BCUT2D eigenvalue weighted by Crippen LogP contribution is 2.65. The predicted octanol–water partition coefficient (Wildman–Crippen LogP) is 6.09. The highest BCUT2D eigenvalue weighted by molar-refractivity contribution is 5.79. The summed E-state index contributed by atoms with van der Waals surface area (Å²) in [5.74, 6) is 1.07. The molecule has 4 aliphatic carbocycles. The minimum atomic E-state index is -0.670. The van der Waals surface area contributed by atoms with Gasteiger partial charge in [-0.1, -0.05) is 50.3 Å². The lowest BCUT2D eigenvalue weighted by atomic mass is 9.50. The topological polar surface area (TPSA) is 35.5 Å². The number of Topliss-reactive ketones (excluding diaryl/α,β-unsaturated/α-hetero) is 1. The van der Waals surface area contributed by atoms with E-state index in [1.54, 1.807) is 12.5 Å². The van der Waals surface area contributed by atoms with Gasteiger partial charge in [-0.05, 0) is 61.7 Å². The van der Waals surface area contributed by atoms with Crippen LogP contribution >= 0.6 is 0 Å². The number of carbonyl (C=O) groups is 1. The minimum absolute atomic E-state index is 0.145. The molecule has 0 heterocycles. The fraction of sp³-hybridized carbons (Fsp3) is 0.640. The molecule has 3 fully saturated rings. The highest BCUT2D eigenvalue weighted by Gasteiger charge is 2.58. The molecule has 0 aliphatic heterocycles. The fourth-order valence-electron chi connectivity index (χ4n) is 7.15. The molecule has 4 rings (SSSR count). The molecular weight excluding hydrogens is 348 g/mol. The molecule has 0 aromatic carbocycles. The minimum Gasteiger partial charge on any atom is -0.460 e. The molecule has 28 heavy (non-hydrogen) atoms. The van der Waals surface area contributed by atoms with Gasteiger partial charge in [0, 0.05) is 18.8 Å². The summed E-state index contributed by atoms with van der Waals surface area (Å²) in [5.41, 5.74) is 3.32. The molecule has 3 nitrogen and oxygen atoms in total. The molecule has 0 amide bonds. The van der Waals surface area contributed by atoms with Crippen molar-refractivity contribution in [3.8, 4) is 0 Å². The molecular formula is C25H34O3. The van der Waals surface area contributed by atoms with Gasteiger partial charge in [0.2, 0.25) is 0 Å². The van der Waals surface area contributed by atoms with E-state index < -0.39 is 5.79 Å². The summed E-state index contributed by atoms with van der Waals surface area (Å²) in [7, 11) is 0. The van der Waals surface area contributed by atoms with Crippen molar-refractivity contribution in [2.24, 2.45) is 28.6 Å². The SMILES string of the molecule is C=COC1(OC=C)CC[C@]2(C)C(=CC=C3[C@@H]4CC[C@H](C(C)=O)[C@@]4(C)CC[C@@H]32)C1. The highest BCUT2D eigenvalue weighted by atomic mass is 16.7. The van der Waals surface area contributed by atoms with Gasteiger partial charge in [0.05, 0.1) is 12.5 Å². The van der Waals surface area contributed by atoms with E-state index in [0.717, 1.165) is 38.5 Å². The number of allylic oxidation sites excluding steroid dienone is 3. The maximum Gasteiger partial charge on any atom is 0.253 e. The maximum atomic E-state index is 12.3. The zero-order chi connectivity index (χ0) is 20.2. The zero-order valence-corrected chi connectivity index (χ0v) is 17.6. The van der Waals surface area contributed by atoms with Crippen LogP contribution in [0.4, 0.5) is 0 Å². The molecule has 0 unspecified atom stereocenters. The third-order valence-corrected chi connectivity index (χ3v) is 8.66. The Bertz CT molecular complexity index is 750. The molecule has 152 valence electrons. The summed E-state index contributed by atoms with van der Waals surface area (Å²) in [5, 5.41) is 0. The zero-order valence-electron chi connectivity index (χ0n) is 17.6. The molecule has 0 spiro atoms. The summed E-state index contributed by atoms with van der Waals surface area (Å²) in [6.07, 6.45) is 14.8. The van der Waals surface area contributed by atoms with Crippen molar-refractivity contribution in [2.45, 2.75) is 71.5 Å². The number of hydrogen-bond acceptors (Lipinski definition) is 3. The second-order valence-electron chi connectivity index (χ2n) is 9.82. The Hall–Kier alpha value is -1.77. The van der Waals surface area contributed by atoms with E-state index in [2.05, 4.69) is 39.2 Å². The van der Waals surface area contributed by atoms with Gasteiger partial charge < -0.3 is 9.47 Å². The second-order valence-corrected chi connectivity index (χ2v) is 9.82. The Kier molecular flexibility index (Phi) is 4.63. The van der Waals surface area contributed by atoms with Crippen LogP contribution in [0.5, 0.6) is 0 Å². The van der Waals surface area contributed by atoms with Crippen molar-refractivity contribution in [1.82, 2.24) is 0 Å². The van der Waals surface area contributed by atoms with Crippen molar-refractivity contribution in [3.05, 3.63) is 49.0 Å². The van der Waals surface area contributed by atoms with Crippen LogP contribution in [0.25, 0.3) is 0 Å². The first-order valence-electron chi connectivity index (χ1n) is 10.8. The number of ketones is 1. The van der Waals surface area contributed by atoms with E-state index in [0.29, 0.717) is 17.6 Å². The first-order valence-corrected chi connectivity index (χ1v) is 10.8. The average molecular weight is 383 g/mol. The summed E-state index contributed by atoms with van der Waals surface area (Å²) in [6.45, 7) is 14.1. The number of ether oxygens (including phenoxy) is 2. The van der Waals surface area contributed by atoms with E-state index >= 15 is 0 Å². The molecule has 0 radical (unpaired) electrons. The first-order chi connectivity index (χ1) is 13.3. The monoisotopic (exact) mass is 382 g/mol. The molecule has 4 aliphatic rings. The van der Waals surface area contributed by atoms with E-state index in [1.165, 1.54) is 24.5 Å². The van der Waals surface area contributed by atoms with Crippen LogP contribution in [-0.2, 0) is 14.3 Å². The summed E-state index contributed by atoms with van der Waals surface area (Å²) < 4.78 is 11.7. The normalized spacial score (nSPS) is 40.8. The number of carbonyl (C=O) groups excluding carboxylic acids is 1. The van der Waals surface area contributed by atoms with E-state index in [-0.39, 0.29) is 16.7 Å². The number of hydrogen-bond donors (Lipinski definition) is 0. The van der Waals surface area contributed by atoms with Crippen molar-refractivity contribution < 1.29 is 14.3 Å². The third-order valence-electron chi connectivity index (χ3n) is 8.66. The summed E-state index contributed by atoms with van der Waals surface area (Å²) in [4.78, 5) is 12.3. The molecule has 0 bridgehead atoms. The van der Waals surface area contributed by atoms with Crippen molar-refractivity contribution in [1.29, 1.82) is 0 Å². The fourth-order valence-corrected chi connectivity index (χ4v) is 7.15. The van der Waals surface area contributed by atoms with Gasteiger partial charge >= 0.3 is 0 Å². The van der Waals surface area contributed by atoms with Crippen LogP contribution in [-0.4, -0.2) is 11.6 Å². The summed E-state index contributed by atoms with van der Waals surface area (Å²) >= 11 is 0. The van der Waals surface area contributed by atoms with E-state index in [1.807, 2.05) is 0 Å². The van der Waals surface area contributed by atoms with Gasteiger partial charge in [-0.15, -0.1) is 0 Å². The predicted molar refractivity (Wildman–Crippen MR) is 111 cm³/mol. The number of fused-ring (bicyclic) bond motifs is 5.